The normalized spacial score (nSPS) is 16.8. The molecule has 0 bridgehead atoms. The Morgan fingerprint density at radius 1 is 1.24 bits per heavy atom. The number of morpholine rings is 1. The van der Waals surface area contributed by atoms with Gasteiger partial charge in [-0.25, -0.2) is 14.8 Å². The van der Waals surface area contributed by atoms with Crippen LogP contribution in [0.5, 0.6) is 0 Å². The van der Waals surface area contributed by atoms with E-state index in [0.717, 1.165) is 43.1 Å². The van der Waals surface area contributed by atoms with Crippen molar-refractivity contribution in [2.24, 2.45) is 15.8 Å². The van der Waals surface area contributed by atoms with Crippen LogP contribution in [0.3, 0.4) is 0 Å². The van der Waals surface area contributed by atoms with Crippen molar-refractivity contribution in [2.75, 3.05) is 62.7 Å². The van der Waals surface area contributed by atoms with Crippen LogP contribution < -0.4 is 26.7 Å². The molecule has 38 heavy (non-hydrogen) atoms. The van der Waals surface area contributed by atoms with E-state index in [1.807, 2.05) is 13.0 Å². The Morgan fingerprint density at radius 3 is 2.61 bits per heavy atom. The summed E-state index contributed by atoms with van der Waals surface area (Å²) < 4.78 is 19.1. The molecule has 11 nitrogen and oxygen atoms in total. The number of nitrogens with zero attached hydrogens (tertiary/aromatic N) is 5. The summed E-state index contributed by atoms with van der Waals surface area (Å²) in [4.78, 5) is 24.6. The molecule has 1 aromatic carbocycles. The predicted octanol–water partition coefficient (Wildman–Crippen LogP) is 2.37. The van der Waals surface area contributed by atoms with Gasteiger partial charge >= 0.3 is 0 Å². The number of hydrazone groups is 1. The average molecular weight is 544 g/mol. The molecule has 1 aromatic heterocycles. The number of aliphatic imine (C=N–C) groups is 1. The number of rotatable bonds is 6. The van der Waals surface area contributed by atoms with Crippen LogP contribution in [0.2, 0.25) is 5.02 Å². The number of nitrogens with one attached hydrogen (secondary N) is 3. The lowest BCUT2D eigenvalue weighted by Gasteiger charge is -2.30. The maximum Gasteiger partial charge on any atom is 0.290 e. The summed E-state index contributed by atoms with van der Waals surface area (Å²) >= 11 is 6.60. The highest BCUT2D eigenvalue weighted by atomic mass is 35.5. The molecule has 0 unspecified atom stereocenters. The zero-order valence-corrected chi connectivity index (χ0v) is 21.9. The summed E-state index contributed by atoms with van der Waals surface area (Å²) in [5, 5.41) is 10.9. The van der Waals surface area contributed by atoms with Crippen molar-refractivity contribution in [1.82, 2.24) is 20.6 Å². The maximum atomic E-state index is 13.9. The molecule has 13 heteroatoms. The van der Waals surface area contributed by atoms with Crippen molar-refractivity contribution in [2.45, 2.75) is 6.92 Å². The number of amides is 1. The summed E-state index contributed by atoms with van der Waals surface area (Å²) in [6.07, 6.45) is 1.52. The molecule has 0 atom stereocenters. The fraction of sp³-hybridized carbons (Fsp3) is 0.360. The van der Waals surface area contributed by atoms with E-state index < -0.39 is 11.7 Å². The third kappa shape index (κ3) is 6.97. The Bertz CT molecular complexity index is 1200. The predicted molar refractivity (Wildman–Crippen MR) is 148 cm³/mol. The molecule has 202 valence electrons. The number of aromatic nitrogens is 1. The van der Waals surface area contributed by atoms with E-state index >= 15 is 0 Å². The number of aryl methyl sites for hydroxylation is 1. The smallest absolute Gasteiger partial charge is 0.290 e. The number of nitrogens with two attached hydrogens (primary N) is 1. The van der Waals surface area contributed by atoms with E-state index in [1.54, 1.807) is 11.0 Å². The standard InChI is InChI=1S/C25H31ClFN9O2/c1-16-13-19(35-7-5-29-6-8-35)14-20(26)22(16)31-18-3-4-21(30-15-18)24(37)33-34-25(28)32-23(17(2)27)36-9-11-38-12-10-36/h3-4,13-15,29,31H,2,5-12H2,1H3,(H2,28,34)(H,33,37)/b32-23+. The number of hydrogen-bond acceptors (Lipinski definition) is 7. The number of carbonyl (C=O) groups is 1. The molecule has 2 aliphatic rings. The van der Waals surface area contributed by atoms with Gasteiger partial charge in [0.05, 0.1) is 35.8 Å². The molecular formula is C25H31ClFN9O2. The van der Waals surface area contributed by atoms with Gasteiger partial charge in [0.1, 0.15) is 5.69 Å². The molecule has 2 fully saturated rings. The Labute approximate surface area is 225 Å². The highest BCUT2D eigenvalue weighted by molar-refractivity contribution is 6.33. The molecule has 3 heterocycles. The molecule has 2 saturated heterocycles. The number of hydrogen-bond donors (Lipinski definition) is 4. The number of guanidine groups is 1. The van der Waals surface area contributed by atoms with Gasteiger partial charge in [0, 0.05) is 45.0 Å². The van der Waals surface area contributed by atoms with E-state index in [0.29, 0.717) is 37.0 Å². The van der Waals surface area contributed by atoms with Crippen molar-refractivity contribution in [3.8, 4) is 0 Å². The van der Waals surface area contributed by atoms with Crippen molar-refractivity contribution in [3.05, 3.63) is 59.1 Å². The molecule has 0 spiro atoms. The van der Waals surface area contributed by atoms with Crippen LogP contribution in [0, 0.1) is 6.92 Å². The van der Waals surface area contributed by atoms with Gasteiger partial charge in [-0.2, -0.15) is 4.99 Å². The second kappa shape index (κ2) is 12.7. The van der Waals surface area contributed by atoms with Gasteiger partial charge in [0.15, 0.2) is 11.7 Å². The third-order valence-corrected chi connectivity index (χ3v) is 6.36. The van der Waals surface area contributed by atoms with E-state index in [-0.39, 0.29) is 17.5 Å². The summed E-state index contributed by atoms with van der Waals surface area (Å²) in [7, 11) is 0. The zero-order valence-electron chi connectivity index (χ0n) is 21.1. The van der Waals surface area contributed by atoms with E-state index in [1.165, 1.54) is 12.3 Å². The second-order valence-corrected chi connectivity index (χ2v) is 9.17. The third-order valence-electron chi connectivity index (χ3n) is 6.07. The van der Waals surface area contributed by atoms with Crippen LogP contribution in [-0.2, 0) is 4.74 Å². The first kappa shape index (κ1) is 27.3. The lowest BCUT2D eigenvalue weighted by atomic mass is 10.1. The first-order valence-electron chi connectivity index (χ1n) is 12.2. The Morgan fingerprint density at radius 2 is 1.97 bits per heavy atom. The van der Waals surface area contributed by atoms with Crippen LogP contribution in [-0.4, -0.2) is 80.1 Å². The Kier molecular flexibility index (Phi) is 9.10. The van der Waals surface area contributed by atoms with Gasteiger partial charge in [0.2, 0.25) is 5.96 Å². The van der Waals surface area contributed by atoms with Crippen molar-refractivity contribution in [1.29, 1.82) is 0 Å². The zero-order chi connectivity index (χ0) is 27.1. The number of piperazine rings is 1. The number of anilines is 3. The van der Waals surface area contributed by atoms with Gasteiger partial charge in [0.25, 0.3) is 5.91 Å². The molecule has 0 radical (unpaired) electrons. The van der Waals surface area contributed by atoms with Crippen LogP contribution in [0.25, 0.3) is 0 Å². The second-order valence-electron chi connectivity index (χ2n) is 8.76. The Balaban J connectivity index is 1.38. The topological polar surface area (TPSA) is 132 Å². The van der Waals surface area contributed by atoms with E-state index in [4.69, 9.17) is 22.1 Å². The van der Waals surface area contributed by atoms with Crippen LogP contribution in [0.4, 0.5) is 21.5 Å². The minimum atomic E-state index is -0.755. The summed E-state index contributed by atoms with van der Waals surface area (Å²) in [6.45, 7) is 10.8. The van der Waals surface area contributed by atoms with E-state index in [2.05, 4.69) is 48.7 Å². The van der Waals surface area contributed by atoms with Gasteiger partial charge in [-0.1, -0.05) is 18.2 Å². The molecular weight excluding hydrogens is 513 g/mol. The van der Waals surface area contributed by atoms with Crippen molar-refractivity contribution < 1.29 is 13.9 Å². The Hall–Kier alpha value is -3.74. The highest BCUT2D eigenvalue weighted by Crippen LogP contribution is 2.33. The fourth-order valence-electron chi connectivity index (χ4n) is 4.11. The highest BCUT2D eigenvalue weighted by Gasteiger charge is 2.19. The number of ether oxygens (including phenoxy) is 1. The number of carbonyl (C=O) groups excluding carboxylic acids is 1. The SMILES string of the molecule is C=C(F)/C(=N\C(N)=N/NC(=O)c1ccc(Nc2c(C)cc(N3CCNCC3)cc2Cl)cn1)N1CCOCC1. The number of benzene rings is 1. The first-order valence-corrected chi connectivity index (χ1v) is 12.6. The molecule has 2 aromatic rings. The number of pyridine rings is 1. The summed E-state index contributed by atoms with van der Waals surface area (Å²) in [6, 6.07) is 7.29. The lowest BCUT2D eigenvalue weighted by Crippen LogP contribution is -2.43. The molecule has 5 N–H and O–H groups in total. The lowest BCUT2D eigenvalue weighted by molar-refractivity contribution is 0.0678. The van der Waals surface area contributed by atoms with Crippen LogP contribution >= 0.6 is 11.6 Å². The number of amidine groups is 1. The quantitative estimate of drug-likeness (QED) is 0.248. The van der Waals surface area contributed by atoms with Crippen molar-refractivity contribution in [3.63, 3.8) is 0 Å². The average Bonchev–Trinajstić information content (AvgIpc) is 2.93. The maximum absolute atomic E-state index is 13.9. The molecule has 0 aliphatic carbocycles. The first-order chi connectivity index (χ1) is 18.3. The van der Waals surface area contributed by atoms with Crippen LogP contribution in [0.1, 0.15) is 16.1 Å². The molecule has 2 aliphatic heterocycles. The number of halogens is 2. The van der Waals surface area contributed by atoms with E-state index in [9.17, 15) is 9.18 Å². The minimum absolute atomic E-state index is 0.0488. The molecule has 4 rings (SSSR count). The van der Waals surface area contributed by atoms with Crippen molar-refractivity contribution >= 4 is 46.4 Å². The summed E-state index contributed by atoms with van der Waals surface area (Å²) in [5.74, 6) is -1.73. The largest absolute Gasteiger partial charge is 0.378 e. The fourth-order valence-corrected chi connectivity index (χ4v) is 4.42. The molecule has 0 saturated carbocycles. The minimum Gasteiger partial charge on any atom is -0.378 e. The van der Waals surface area contributed by atoms with Gasteiger partial charge in [-0.15, -0.1) is 5.10 Å². The monoisotopic (exact) mass is 543 g/mol. The summed E-state index contributed by atoms with van der Waals surface area (Å²) in [5.41, 5.74) is 11.7. The molecule has 1 amide bonds. The van der Waals surface area contributed by atoms with Gasteiger partial charge in [-0.3, -0.25) is 4.79 Å². The van der Waals surface area contributed by atoms with Gasteiger partial charge < -0.3 is 30.9 Å². The van der Waals surface area contributed by atoms with Gasteiger partial charge in [-0.05, 0) is 36.8 Å². The van der Waals surface area contributed by atoms with Crippen LogP contribution in [0.15, 0.2) is 53.0 Å².